The van der Waals surface area contributed by atoms with Gasteiger partial charge in [-0.3, -0.25) is 0 Å². The van der Waals surface area contributed by atoms with Gasteiger partial charge in [0, 0.05) is 12.6 Å². The summed E-state index contributed by atoms with van der Waals surface area (Å²) in [6, 6.07) is 8.65. The molecule has 0 bridgehead atoms. The van der Waals surface area contributed by atoms with Crippen LogP contribution in [0.15, 0.2) is 53.6 Å². The minimum Gasteiger partial charge on any atom is -0.207 e. The quantitative estimate of drug-likeness (QED) is 0.594. The number of hydrogen-bond acceptors (Lipinski definition) is 4. The lowest BCUT2D eigenvalue weighted by atomic mass is 10.0. The Bertz CT molecular complexity index is 1210. The molecule has 10 heteroatoms. The number of benzene rings is 2. The molecular formula is C19H13F4N3O2S. The van der Waals surface area contributed by atoms with Crippen molar-refractivity contribution in [2.24, 2.45) is 0 Å². The molecule has 150 valence electrons. The number of aromatic nitrogens is 2. The SMILES string of the molecule is Cc1nn(S(=O)(=O)c2ccc(C(F)(F)F)cc2)cc1Cc1cc(F)ccc1C#N. The molecule has 0 saturated heterocycles. The van der Waals surface area contributed by atoms with Gasteiger partial charge in [-0.05, 0) is 60.5 Å². The van der Waals surface area contributed by atoms with Crippen LogP contribution in [0, 0.1) is 24.1 Å². The van der Waals surface area contributed by atoms with Crippen LogP contribution in [-0.2, 0) is 22.6 Å². The fourth-order valence-corrected chi connectivity index (χ4v) is 3.90. The smallest absolute Gasteiger partial charge is 0.207 e. The Hall–Kier alpha value is -3.19. The van der Waals surface area contributed by atoms with Crippen molar-refractivity contribution < 1.29 is 26.0 Å². The van der Waals surface area contributed by atoms with Crippen molar-refractivity contribution in [1.82, 2.24) is 9.19 Å². The molecule has 0 amide bonds. The Kier molecular flexibility index (Phi) is 5.19. The molecule has 0 radical (unpaired) electrons. The minimum atomic E-state index is -4.58. The standard InChI is InChI=1S/C19H13F4N3O2S/c1-12-15(8-14-9-17(20)5-2-13(14)10-24)11-26(25-12)29(27,28)18-6-3-16(4-7-18)19(21,22)23/h2-7,9,11H,8H2,1H3. The van der Waals surface area contributed by atoms with Crippen LogP contribution in [0.1, 0.15) is 27.9 Å². The van der Waals surface area contributed by atoms with Crippen LogP contribution in [0.4, 0.5) is 17.6 Å². The molecule has 0 N–H and O–H groups in total. The highest BCUT2D eigenvalue weighted by atomic mass is 32.2. The van der Waals surface area contributed by atoms with Crippen LogP contribution in [0.2, 0.25) is 0 Å². The van der Waals surface area contributed by atoms with Crippen LogP contribution in [0.5, 0.6) is 0 Å². The van der Waals surface area contributed by atoms with Crippen LogP contribution >= 0.6 is 0 Å². The maximum atomic E-state index is 13.5. The van der Waals surface area contributed by atoms with Gasteiger partial charge in [-0.15, -0.1) is 0 Å². The van der Waals surface area contributed by atoms with Gasteiger partial charge in [-0.25, -0.2) is 4.39 Å². The number of halogens is 4. The third-order valence-electron chi connectivity index (χ3n) is 4.27. The molecule has 0 aliphatic rings. The van der Waals surface area contributed by atoms with Crippen molar-refractivity contribution in [3.05, 3.63) is 82.4 Å². The average molecular weight is 423 g/mol. The molecule has 1 heterocycles. The van der Waals surface area contributed by atoms with Gasteiger partial charge in [-0.2, -0.15) is 36.0 Å². The van der Waals surface area contributed by atoms with Crippen molar-refractivity contribution >= 4 is 10.0 Å². The normalized spacial score (nSPS) is 12.0. The minimum absolute atomic E-state index is 0.0645. The maximum absolute atomic E-state index is 13.5. The maximum Gasteiger partial charge on any atom is 0.416 e. The predicted molar refractivity (Wildman–Crippen MR) is 94.9 cm³/mol. The average Bonchev–Trinajstić information content (AvgIpc) is 3.03. The first-order chi connectivity index (χ1) is 13.5. The molecule has 3 rings (SSSR count). The summed E-state index contributed by atoms with van der Waals surface area (Å²) in [5.41, 5.74) is 0.395. The summed E-state index contributed by atoms with van der Waals surface area (Å²) in [6.45, 7) is 1.54. The van der Waals surface area contributed by atoms with Crippen molar-refractivity contribution in [3.8, 4) is 6.07 Å². The summed E-state index contributed by atoms with van der Waals surface area (Å²) in [6.07, 6.45) is -3.31. The number of hydrogen-bond donors (Lipinski definition) is 0. The Morgan fingerprint density at radius 2 is 1.76 bits per heavy atom. The van der Waals surface area contributed by atoms with Gasteiger partial charge < -0.3 is 0 Å². The highest BCUT2D eigenvalue weighted by Crippen LogP contribution is 2.30. The van der Waals surface area contributed by atoms with Crippen LogP contribution in [-0.4, -0.2) is 17.6 Å². The number of alkyl halides is 3. The molecule has 0 aliphatic carbocycles. The molecule has 0 saturated carbocycles. The zero-order valence-corrected chi connectivity index (χ0v) is 15.7. The second kappa shape index (κ2) is 7.33. The predicted octanol–water partition coefficient (Wildman–Crippen LogP) is 4.05. The third kappa shape index (κ3) is 4.14. The fourth-order valence-electron chi connectivity index (χ4n) is 2.71. The van der Waals surface area contributed by atoms with E-state index in [0.29, 0.717) is 33.0 Å². The summed E-state index contributed by atoms with van der Waals surface area (Å²) in [7, 11) is -4.22. The van der Waals surface area contributed by atoms with E-state index >= 15 is 0 Å². The molecule has 3 aromatic rings. The molecule has 29 heavy (non-hydrogen) atoms. The molecule has 0 spiro atoms. The van der Waals surface area contributed by atoms with Crippen molar-refractivity contribution in [3.63, 3.8) is 0 Å². The Balaban J connectivity index is 1.95. The van der Waals surface area contributed by atoms with E-state index in [0.717, 1.165) is 18.2 Å². The Labute approximate surface area is 163 Å². The van der Waals surface area contributed by atoms with E-state index in [1.165, 1.54) is 18.3 Å². The monoisotopic (exact) mass is 423 g/mol. The highest BCUT2D eigenvalue weighted by Gasteiger charge is 2.31. The second-order valence-corrected chi connectivity index (χ2v) is 8.03. The molecule has 0 fully saturated rings. The largest absolute Gasteiger partial charge is 0.416 e. The first-order valence-corrected chi connectivity index (χ1v) is 9.63. The summed E-state index contributed by atoms with van der Waals surface area (Å²) >= 11 is 0. The van der Waals surface area contributed by atoms with Crippen molar-refractivity contribution in [2.45, 2.75) is 24.4 Å². The molecule has 5 nitrogen and oxygen atoms in total. The van der Waals surface area contributed by atoms with Gasteiger partial charge in [0.1, 0.15) is 5.82 Å². The summed E-state index contributed by atoms with van der Waals surface area (Å²) in [5.74, 6) is -0.540. The van der Waals surface area contributed by atoms with Gasteiger partial charge in [-0.1, -0.05) is 0 Å². The lowest BCUT2D eigenvalue weighted by Crippen LogP contribution is -2.14. The van der Waals surface area contributed by atoms with Crippen LogP contribution in [0.25, 0.3) is 0 Å². The van der Waals surface area contributed by atoms with Crippen molar-refractivity contribution in [1.29, 1.82) is 5.26 Å². The molecule has 0 aliphatic heterocycles. The fraction of sp³-hybridized carbons (Fsp3) is 0.158. The lowest BCUT2D eigenvalue weighted by Gasteiger charge is -2.08. The van der Waals surface area contributed by atoms with E-state index in [4.69, 9.17) is 5.26 Å². The molecule has 0 atom stereocenters. The van der Waals surface area contributed by atoms with Crippen LogP contribution in [0.3, 0.4) is 0 Å². The van der Waals surface area contributed by atoms with E-state index in [1.54, 1.807) is 6.92 Å². The van der Waals surface area contributed by atoms with Gasteiger partial charge in [0.25, 0.3) is 10.0 Å². The van der Waals surface area contributed by atoms with Gasteiger partial charge in [0.15, 0.2) is 0 Å². The van der Waals surface area contributed by atoms with E-state index in [2.05, 4.69) is 5.10 Å². The Morgan fingerprint density at radius 1 is 1.10 bits per heavy atom. The molecule has 1 aromatic heterocycles. The van der Waals surface area contributed by atoms with Gasteiger partial charge in [0.05, 0.1) is 27.8 Å². The number of rotatable bonds is 4. The first-order valence-electron chi connectivity index (χ1n) is 8.19. The lowest BCUT2D eigenvalue weighted by molar-refractivity contribution is -0.137. The first kappa shape index (κ1) is 20.5. The zero-order chi connectivity index (χ0) is 21.4. The van der Waals surface area contributed by atoms with Gasteiger partial charge in [0.2, 0.25) is 0 Å². The molecular weight excluding hydrogens is 410 g/mol. The number of nitrogens with zero attached hydrogens (tertiary/aromatic N) is 3. The summed E-state index contributed by atoms with van der Waals surface area (Å²) in [5, 5.41) is 13.1. The topological polar surface area (TPSA) is 75.8 Å². The highest BCUT2D eigenvalue weighted by molar-refractivity contribution is 7.89. The molecule has 0 unspecified atom stereocenters. The summed E-state index contributed by atoms with van der Waals surface area (Å²) < 4.78 is 77.6. The van der Waals surface area contributed by atoms with E-state index in [-0.39, 0.29) is 16.9 Å². The zero-order valence-electron chi connectivity index (χ0n) is 14.9. The second-order valence-electron chi connectivity index (χ2n) is 6.23. The molecule has 2 aromatic carbocycles. The Morgan fingerprint density at radius 3 is 2.34 bits per heavy atom. The van der Waals surface area contributed by atoms with E-state index in [9.17, 15) is 26.0 Å². The van der Waals surface area contributed by atoms with Crippen LogP contribution < -0.4 is 0 Å². The van der Waals surface area contributed by atoms with Crippen molar-refractivity contribution in [2.75, 3.05) is 0 Å². The number of nitriles is 1. The van der Waals surface area contributed by atoms with Gasteiger partial charge >= 0.3 is 6.18 Å². The van der Waals surface area contributed by atoms with E-state index < -0.39 is 27.6 Å². The summed E-state index contributed by atoms with van der Waals surface area (Å²) in [4.78, 5) is -0.358. The third-order valence-corrected chi connectivity index (χ3v) is 5.82. The van der Waals surface area contributed by atoms with E-state index in [1.807, 2.05) is 6.07 Å². The number of aryl methyl sites for hydroxylation is 1.